The molecular weight excluding hydrogens is 471 g/mol. The fourth-order valence-corrected chi connectivity index (χ4v) is 4.05. The summed E-state index contributed by atoms with van der Waals surface area (Å²) >= 11 is 0. The van der Waals surface area contributed by atoms with Crippen LogP contribution in [0, 0.1) is 0 Å². The molecule has 0 amide bonds. The molecule has 0 bridgehead atoms. The van der Waals surface area contributed by atoms with Crippen molar-refractivity contribution in [1.82, 2.24) is 24.5 Å². The zero-order valence-corrected chi connectivity index (χ0v) is 19.8. The Hall–Kier alpha value is -3.73. The van der Waals surface area contributed by atoms with Crippen LogP contribution < -0.4 is 10.2 Å². The molecule has 1 N–H and O–H groups in total. The summed E-state index contributed by atoms with van der Waals surface area (Å²) in [4.78, 5) is 20.8. The summed E-state index contributed by atoms with van der Waals surface area (Å²) in [5.74, 6) is 1.98. The first-order chi connectivity index (χ1) is 17.4. The Balaban J connectivity index is 1.47. The maximum atomic E-state index is 12.9. The summed E-state index contributed by atoms with van der Waals surface area (Å²) in [6, 6.07) is 9.02. The fraction of sp³-hybridized carbons (Fsp3) is 0.360. The lowest BCUT2D eigenvalue weighted by atomic mass is 10.1. The van der Waals surface area contributed by atoms with E-state index in [2.05, 4.69) is 27.1 Å². The van der Waals surface area contributed by atoms with Gasteiger partial charge >= 0.3 is 6.18 Å². The Bertz CT molecular complexity index is 1310. The van der Waals surface area contributed by atoms with Crippen LogP contribution in [-0.4, -0.2) is 57.4 Å². The maximum absolute atomic E-state index is 12.9. The summed E-state index contributed by atoms with van der Waals surface area (Å²) in [6.45, 7) is 6.05. The Labute approximate surface area is 206 Å². The molecule has 1 aromatic carbocycles. The van der Waals surface area contributed by atoms with Gasteiger partial charge in [0.15, 0.2) is 17.3 Å². The normalized spacial score (nSPS) is 14.4. The molecule has 0 saturated carbocycles. The first-order valence-corrected chi connectivity index (χ1v) is 11.8. The van der Waals surface area contributed by atoms with Gasteiger partial charge in [-0.3, -0.25) is 0 Å². The second-order valence-corrected chi connectivity index (χ2v) is 8.57. The van der Waals surface area contributed by atoms with Crippen LogP contribution in [0.2, 0.25) is 0 Å². The van der Waals surface area contributed by atoms with E-state index in [0.717, 1.165) is 43.0 Å². The van der Waals surface area contributed by atoms with E-state index in [1.54, 1.807) is 12.5 Å². The average molecular weight is 498 g/mol. The second kappa shape index (κ2) is 10.1. The van der Waals surface area contributed by atoms with Crippen molar-refractivity contribution in [3.63, 3.8) is 0 Å². The highest BCUT2D eigenvalue weighted by atomic mass is 19.4. The van der Waals surface area contributed by atoms with Gasteiger partial charge in [-0.05, 0) is 36.2 Å². The van der Waals surface area contributed by atoms with Gasteiger partial charge in [0.2, 0.25) is 0 Å². The molecule has 0 radical (unpaired) electrons. The SMILES string of the molecule is CCCNc1nc(-c2ccc(N3CCOCC3)nc2)nc2c1ncn2Cc1ccc(C(F)(F)F)cc1. The third-order valence-corrected chi connectivity index (χ3v) is 5.98. The van der Waals surface area contributed by atoms with Crippen molar-refractivity contribution in [2.75, 3.05) is 43.1 Å². The minimum atomic E-state index is -4.37. The number of nitrogens with one attached hydrogen (secondary N) is 1. The molecule has 3 aromatic heterocycles. The molecule has 8 nitrogen and oxygen atoms in total. The first-order valence-electron chi connectivity index (χ1n) is 11.8. The predicted octanol–water partition coefficient (Wildman–Crippen LogP) is 4.61. The Morgan fingerprint density at radius 1 is 1.00 bits per heavy atom. The van der Waals surface area contributed by atoms with Crippen molar-refractivity contribution in [3.05, 3.63) is 60.0 Å². The second-order valence-electron chi connectivity index (χ2n) is 8.57. The van der Waals surface area contributed by atoms with Gasteiger partial charge in [-0.1, -0.05) is 19.1 Å². The summed E-state index contributed by atoms with van der Waals surface area (Å²) in [5.41, 5.74) is 2.00. The lowest BCUT2D eigenvalue weighted by molar-refractivity contribution is -0.137. The monoisotopic (exact) mass is 497 g/mol. The van der Waals surface area contributed by atoms with E-state index in [1.807, 2.05) is 16.7 Å². The van der Waals surface area contributed by atoms with E-state index in [0.29, 0.717) is 54.7 Å². The van der Waals surface area contributed by atoms with Gasteiger partial charge in [0, 0.05) is 31.4 Å². The predicted molar refractivity (Wildman–Crippen MR) is 131 cm³/mol. The number of anilines is 2. The standard InChI is InChI=1S/C25H26F3N7O/c1-2-9-29-23-21-24(35(16-31-21)15-17-3-6-19(7-4-17)25(26,27)28)33-22(32-23)18-5-8-20(30-14-18)34-10-12-36-13-11-34/h3-8,14,16H,2,9-13,15H2,1H3,(H,29,32,33). The number of benzene rings is 1. The summed E-state index contributed by atoms with van der Waals surface area (Å²) in [5, 5.41) is 3.32. The van der Waals surface area contributed by atoms with Crippen molar-refractivity contribution < 1.29 is 17.9 Å². The molecule has 0 aliphatic carbocycles. The van der Waals surface area contributed by atoms with E-state index in [4.69, 9.17) is 14.7 Å². The molecule has 1 aliphatic rings. The van der Waals surface area contributed by atoms with Gasteiger partial charge in [0.05, 0.1) is 31.6 Å². The maximum Gasteiger partial charge on any atom is 0.416 e. The van der Waals surface area contributed by atoms with Crippen LogP contribution in [0.4, 0.5) is 24.8 Å². The topological polar surface area (TPSA) is 81.0 Å². The van der Waals surface area contributed by atoms with Crippen LogP contribution in [0.1, 0.15) is 24.5 Å². The molecule has 36 heavy (non-hydrogen) atoms. The number of fused-ring (bicyclic) bond motifs is 1. The molecule has 0 unspecified atom stereocenters. The van der Waals surface area contributed by atoms with E-state index >= 15 is 0 Å². The molecule has 0 spiro atoms. The number of ether oxygens (including phenoxy) is 1. The quantitative estimate of drug-likeness (QED) is 0.399. The molecule has 5 rings (SSSR count). The summed E-state index contributed by atoms with van der Waals surface area (Å²) in [6.07, 6.45) is -0.0692. The van der Waals surface area contributed by atoms with E-state index < -0.39 is 11.7 Å². The fourth-order valence-electron chi connectivity index (χ4n) is 4.05. The number of hydrogen-bond acceptors (Lipinski definition) is 7. The van der Waals surface area contributed by atoms with Gasteiger partial charge < -0.3 is 19.5 Å². The van der Waals surface area contributed by atoms with Crippen molar-refractivity contribution >= 4 is 22.8 Å². The molecular formula is C25H26F3N7O. The number of halogens is 3. The molecule has 4 heterocycles. The number of alkyl halides is 3. The van der Waals surface area contributed by atoms with Crippen LogP contribution in [0.3, 0.4) is 0 Å². The number of imidazole rings is 1. The lowest BCUT2D eigenvalue weighted by Gasteiger charge is -2.27. The lowest BCUT2D eigenvalue weighted by Crippen LogP contribution is -2.36. The highest BCUT2D eigenvalue weighted by molar-refractivity contribution is 5.85. The van der Waals surface area contributed by atoms with Gasteiger partial charge in [-0.25, -0.2) is 19.9 Å². The highest BCUT2D eigenvalue weighted by Crippen LogP contribution is 2.30. The van der Waals surface area contributed by atoms with Crippen molar-refractivity contribution in [3.8, 4) is 11.4 Å². The molecule has 4 aromatic rings. The van der Waals surface area contributed by atoms with E-state index in [1.165, 1.54) is 12.1 Å². The number of rotatable bonds is 7. The van der Waals surface area contributed by atoms with Crippen molar-refractivity contribution in [2.45, 2.75) is 26.1 Å². The summed E-state index contributed by atoms with van der Waals surface area (Å²) in [7, 11) is 0. The van der Waals surface area contributed by atoms with Crippen LogP contribution in [-0.2, 0) is 17.5 Å². The zero-order chi connectivity index (χ0) is 25.1. The Morgan fingerprint density at radius 2 is 1.78 bits per heavy atom. The molecule has 1 aliphatic heterocycles. The van der Waals surface area contributed by atoms with Gasteiger partial charge in [0.25, 0.3) is 0 Å². The van der Waals surface area contributed by atoms with Crippen molar-refractivity contribution in [1.29, 1.82) is 0 Å². The Morgan fingerprint density at radius 3 is 2.44 bits per heavy atom. The number of aromatic nitrogens is 5. The van der Waals surface area contributed by atoms with E-state index in [-0.39, 0.29) is 0 Å². The van der Waals surface area contributed by atoms with Crippen LogP contribution in [0.5, 0.6) is 0 Å². The molecule has 11 heteroatoms. The first kappa shape index (κ1) is 24.0. The molecule has 188 valence electrons. The van der Waals surface area contributed by atoms with Crippen molar-refractivity contribution in [2.24, 2.45) is 0 Å². The van der Waals surface area contributed by atoms with Crippen LogP contribution in [0.25, 0.3) is 22.6 Å². The largest absolute Gasteiger partial charge is 0.416 e. The third kappa shape index (κ3) is 5.11. The number of nitrogens with zero attached hydrogens (tertiary/aromatic N) is 6. The van der Waals surface area contributed by atoms with Gasteiger partial charge in [0.1, 0.15) is 11.3 Å². The minimum Gasteiger partial charge on any atom is -0.378 e. The highest BCUT2D eigenvalue weighted by Gasteiger charge is 2.30. The Kier molecular flexibility index (Phi) is 6.73. The van der Waals surface area contributed by atoms with Crippen LogP contribution in [0.15, 0.2) is 48.9 Å². The van der Waals surface area contributed by atoms with Gasteiger partial charge in [-0.15, -0.1) is 0 Å². The van der Waals surface area contributed by atoms with E-state index in [9.17, 15) is 13.2 Å². The number of morpholine rings is 1. The molecule has 1 fully saturated rings. The number of hydrogen-bond donors (Lipinski definition) is 1. The van der Waals surface area contributed by atoms with Crippen LogP contribution >= 0.6 is 0 Å². The zero-order valence-electron chi connectivity index (χ0n) is 19.8. The minimum absolute atomic E-state index is 0.326. The third-order valence-electron chi connectivity index (χ3n) is 5.98. The van der Waals surface area contributed by atoms with Gasteiger partial charge in [-0.2, -0.15) is 13.2 Å². The summed E-state index contributed by atoms with van der Waals surface area (Å²) < 4.78 is 46.0. The average Bonchev–Trinajstić information content (AvgIpc) is 3.30. The number of pyridine rings is 1. The smallest absolute Gasteiger partial charge is 0.378 e. The molecule has 1 saturated heterocycles. The molecule has 0 atom stereocenters.